The standard InChI is InChI=1S/C14H20F2N2O/c15-14(16)19-13-4-2-1-3-11(13)12(9-17)18-8-7-10-5-6-10/h1-4,10,12,14,18H,5-9,17H2. The molecule has 0 bridgehead atoms. The Hall–Kier alpha value is -1.20. The van der Waals surface area contributed by atoms with Crippen molar-refractivity contribution < 1.29 is 13.5 Å². The SMILES string of the molecule is NCC(NCCC1CC1)c1ccccc1OC(F)F. The Morgan fingerprint density at radius 3 is 2.68 bits per heavy atom. The van der Waals surface area contributed by atoms with Crippen LogP contribution in [-0.2, 0) is 0 Å². The molecular weight excluding hydrogens is 250 g/mol. The van der Waals surface area contributed by atoms with Gasteiger partial charge >= 0.3 is 6.61 Å². The van der Waals surface area contributed by atoms with Crippen LogP contribution >= 0.6 is 0 Å². The second-order valence-electron chi connectivity index (χ2n) is 4.89. The number of nitrogens with two attached hydrogens (primary N) is 1. The number of halogens is 2. The summed E-state index contributed by atoms with van der Waals surface area (Å²) in [5.41, 5.74) is 6.43. The predicted molar refractivity (Wildman–Crippen MR) is 70.2 cm³/mol. The predicted octanol–water partition coefficient (Wildman–Crippen LogP) is 2.68. The summed E-state index contributed by atoms with van der Waals surface area (Å²) < 4.78 is 29.3. The fourth-order valence-corrected chi connectivity index (χ4v) is 2.16. The van der Waals surface area contributed by atoms with Crippen molar-refractivity contribution >= 4 is 0 Å². The van der Waals surface area contributed by atoms with E-state index in [9.17, 15) is 8.78 Å². The fourth-order valence-electron chi connectivity index (χ4n) is 2.16. The molecular formula is C14H20F2N2O. The zero-order valence-electron chi connectivity index (χ0n) is 10.8. The van der Waals surface area contributed by atoms with Crippen LogP contribution in [0.3, 0.4) is 0 Å². The lowest BCUT2D eigenvalue weighted by atomic mass is 10.1. The van der Waals surface area contributed by atoms with Crippen LogP contribution in [0.15, 0.2) is 24.3 Å². The summed E-state index contributed by atoms with van der Waals surface area (Å²) in [7, 11) is 0. The van der Waals surface area contributed by atoms with Crippen molar-refractivity contribution in [3.8, 4) is 5.75 Å². The molecule has 0 spiro atoms. The number of rotatable bonds is 8. The summed E-state index contributed by atoms with van der Waals surface area (Å²) in [6, 6.07) is 6.66. The van der Waals surface area contributed by atoms with E-state index in [2.05, 4.69) is 10.1 Å². The molecule has 5 heteroatoms. The van der Waals surface area contributed by atoms with Gasteiger partial charge in [-0.2, -0.15) is 8.78 Å². The van der Waals surface area contributed by atoms with E-state index in [1.165, 1.54) is 12.8 Å². The van der Waals surface area contributed by atoms with Crippen molar-refractivity contribution in [2.24, 2.45) is 11.7 Å². The van der Waals surface area contributed by atoms with Crippen LogP contribution in [0.5, 0.6) is 5.75 Å². The van der Waals surface area contributed by atoms with Crippen molar-refractivity contribution in [1.29, 1.82) is 0 Å². The Morgan fingerprint density at radius 1 is 1.32 bits per heavy atom. The van der Waals surface area contributed by atoms with Crippen LogP contribution in [0.25, 0.3) is 0 Å². The van der Waals surface area contributed by atoms with Crippen LogP contribution in [0, 0.1) is 5.92 Å². The maximum atomic E-state index is 12.4. The van der Waals surface area contributed by atoms with E-state index in [0.717, 1.165) is 18.9 Å². The van der Waals surface area contributed by atoms with Crippen molar-refractivity contribution in [2.75, 3.05) is 13.1 Å². The Balaban J connectivity index is 1.98. The van der Waals surface area contributed by atoms with E-state index in [1.807, 2.05) is 0 Å². The number of para-hydroxylation sites is 1. The molecule has 3 nitrogen and oxygen atoms in total. The average molecular weight is 270 g/mol. The first-order valence-electron chi connectivity index (χ1n) is 6.68. The van der Waals surface area contributed by atoms with Gasteiger partial charge in [0.15, 0.2) is 0 Å². The maximum absolute atomic E-state index is 12.4. The lowest BCUT2D eigenvalue weighted by Crippen LogP contribution is -2.29. The normalized spacial score (nSPS) is 16.6. The molecule has 106 valence electrons. The molecule has 1 aromatic rings. The number of alkyl halides is 2. The highest BCUT2D eigenvalue weighted by Gasteiger charge is 2.22. The third kappa shape index (κ3) is 4.44. The lowest BCUT2D eigenvalue weighted by molar-refractivity contribution is -0.0507. The Bertz CT molecular complexity index is 397. The first-order valence-corrected chi connectivity index (χ1v) is 6.68. The van der Waals surface area contributed by atoms with Gasteiger partial charge in [-0.05, 0) is 24.9 Å². The summed E-state index contributed by atoms with van der Waals surface area (Å²) in [6.45, 7) is -1.60. The Kier molecular flexibility index (Phi) is 5.10. The zero-order valence-corrected chi connectivity index (χ0v) is 10.8. The highest BCUT2D eigenvalue weighted by atomic mass is 19.3. The van der Waals surface area contributed by atoms with Gasteiger partial charge < -0.3 is 15.8 Å². The van der Waals surface area contributed by atoms with Crippen LogP contribution in [0.4, 0.5) is 8.78 Å². The second kappa shape index (κ2) is 6.82. The van der Waals surface area contributed by atoms with Crippen LogP contribution in [0.1, 0.15) is 30.9 Å². The van der Waals surface area contributed by atoms with Gasteiger partial charge in [0, 0.05) is 18.2 Å². The first kappa shape index (κ1) is 14.2. The molecule has 0 aromatic heterocycles. The van der Waals surface area contributed by atoms with Gasteiger partial charge in [-0.25, -0.2) is 0 Å². The molecule has 1 aliphatic rings. The smallest absolute Gasteiger partial charge is 0.387 e. The quantitative estimate of drug-likeness (QED) is 0.763. The maximum Gasteiger partial charge on any atom is 0.387 e. The van der Waals surface area contributed by atoms with Gasteiger partial charge in [-0.15, -0.1) is 0 Å². The molecule has 1 aromatic carbocycles. The molecule has 0 radical (unpaired) electrons. The molecule has 1 fully saturated rings. The number of hydrogen-bond acceptors (Lipinski definition) is 3. The number of nitrogens with one attached hydrogen (secondary N) is 1. The third-order valence-corrected chi connectivity index (χ3v) is 3.39. The highest BCUT2D eigenvalue weighted by Crippen LogP contribution is 2.32. The van der Waals surface area contributed by atoms with Crippen molar-refractivity contribution in [3.63, 3.8) is 0 Å². The number of hydrogen-bond donors (Lipinski definition) is 2. The molecule has 0 aliphatic heterocycles. The third-order valence-electron chi connectivity index (χ3n) is 3.39. The molecule has 3 N–H and O–H groups in total. The summed E-state index contributed by atoms with van der Waals surface area (Å²) in [6.07, 6.45) is 3.73. The Morgan fingerprint density at radius 2 is 2.05 bits per heavy atom. The summed E-state index contributed by atoms with van der Waals surface area (Å²) in [4.78, 5) is 0. The minimum Gasteiger partial charge on any atom is -0.434 e. The second-order valence-corrected chi connectivity index (χ2v) is 4.89. The summed E-state index contributed by atoms with van der Waals surface area (Å²) in [5, 5.41) is 3.32. The zero-order chi connectivity index (χ0) is 13.7. The van der Waals surface area contributed by atoms with Crippen molar-refractivity contribution in [3.05, 3.63) is 29.8 Å². The molecule has 19 heavy (non-hydrogen) atoms. The van der Waals surface area contributed by atoms with Gasteiger partial charge in [-0.1, -0.05) is 31.0 Å². The largest absolute Gasteiger partial charge is 0.434 e. The molecule has 2 rings (SSSR count). The highest BCUT2D eigenvalue weighted by molar-refractivity contribution is 5.36. The molecule has 1 saturated carbocycles. The topological polar surface area (TPSA) is 47.3 Å². The van der Waals surface area contributed by atoms with Gasteiger partial charge in [0.1, 0.15) is 5.75 Å². The lowest BCUT2D eigenvalue weighted by Gasteiger charge is -2.20. The number of benzene rings is 1. The van der Waals surface area contributed by atoms with Crippen LogP contribution in [0.2, 0.25) is 0 Å². The molecule has 1 unspecified atom stereocenters. The summed E-state index contributed by atoms with van der Waals surface area (Å²) >= 11 is 0. The fraction of sp³-hybridized carbons (Fsp3) is 0.571. The van der Waals surface area contributed by atoms with Gasteiger partial charge in [0.25, 0.3) is 0 Å². The van der Waals surface area contributed by atoms with Gasteiger partial charge in [0.2, 0.25) is 0 Å². The van der Waals surface area contributed by atoms with E-state index in [1.54, 1.807) is 24.3 Å². The van der Waals surface area contributed by atoms with E-state index < -0.39 is 6.61 Å². The van der Waals surface area contributed by atoms with E-state index >= 15 is 0 Å². The first-order chi connectivity index (χ1) is 9.20. The van der Waals surface area contributed by atoms with Crippen molar-refractivity contribution in [2.45, 2.75) is 31.9 Å². The summed E-state index contributed by atoms with van der Waals surface area (Å²) in [5.74, 6) is 1.03. The van der Waals surface area contributed by atoms with E-state index in [0.29, 0.717) is 12.1 Å². The minimum absolute atomic E-state index is 0.145. The molecule has 0 heterocycles. The minimum atomic E-state index is -2.81. The number of ether oxygens (including phenoxy) is 1. The van der Waals surface area contributed by atoms with Crippen molar-refractivity contribution in [1.82, 2.24) is 5.32 Å². The van der Waals surface area contributed by atoms with Gasteiger partial charge in [0.05, 0.1) is 0 Å². The Labute approximate surface area is 112 Å². The monoisotopic (exact) mass is 270 g/mol. The van der Waals surface area contributed by atoms with Gasteiger partial charge in [-0.3, -0.25) is 0 Å². The molecule has 0 amide bonds. The molecule has 0 saturated heterocycles. The molecule has 1 aliphatic carbocycles. The molecule has 1 atom stereocenters. The average Bonchev–Trinajstić information content (AvgIpc) is 3.19. The van der Waals surface area contributed by atoms with Crippen LogP contribution in [-0.4, -0.2) is 19.7 Å². The van der Waals surface area contributed by atoms with E-state index in [4.69, 9.17) is 5.73 Å². The van der Waals surface area contributed by atoms with E-state index in [-0.39, 0.29) is 11.8 Å². The van der Waals surface area contributed by atoms with Crippen LogP contribution < -0.4 is 15.8 Å².